The maximum atomic E-state index is 11.8. The molecule has 1 aliphatic heterocycles. The highest BCUT2D eigenvalue weighted by Gasteiger charge is 2.44. The Bertz CT molecular complexity index is 1160. The third-order valence-electron chi connectivity index (χ3n) is 6.12. The van der Waals surface area contributed by atoms with E-state index < -0.39 is 5.97 Å². The maximum Gasteiger partial charge on any atom is 0.336 e. The molecule has 0 saturated carbocycles. The Morgan fingerprint density at radius 3 is 2.48 bits per heavy atom. The number of carboxylic acid groups (broad SMARTS) is 1. The summed E-state index contributed by atoms with van der Waals surface area (Å²) < 4.78 is 0. The zero-order valence-electron chi connectivity index (χ0n) is 15.4. The lowest BCUT2D eigenvalue weighted by molar-refractivity contribution is -0.384. The molecule has 0 fully saturated rings. The van der Waals surface area contributed by atoms with E-state index in [4.69, 9.17) is 0 Å². The summed E-state index contributed by atoms with van der Waals surface area (Å²) in [5.74, 6) is -0.902. The van der Waals surface area contributed by atoms with Gasteiger partial charge in [0.2, 0.25) is 0 Å². The van der Waals surface area contributed by atoms with E-state index in [0.29, 0.717) is 0 Å². The summed E-state index contributed by atoms with van der Waals surface area (Å²) in [6.07, 6.45) is 0.786. The van der Waals surface area contributed by atoms with Gasteiger partial charge in [-0.15, -0.1) is 0 Å². The molecule has 2 aliphatic rings. The van der Waals surface area contributed by atoms with Crippen molar-refractivity contribution in [2.75, 3.05) is 5.32 Å². The summed E-state index contributed by atoms with van der Waals surface area (Å²) in [6.45, 7) is 0. The summed E-state index contributed by atoms with van der Waals surface area (Å²) in [7, 11) is 0. The number of benzene rings is 3. The van der Waals surface area contributed by atoms with Crippen LogP contribution in [0.3, 0.4) is 0 Å². The zero-order chi connectivity index (χ0) is 20.1. The standard InChI is InChI=1S/C23H18N2O4/c26-23(27)17-8-4-3-7-16(17)22-19-11-13-5-1-2-6-15(13)21(19)18-12-14(25(28)29)9-10-20(18)24-22/h1-10,12,19,21-22,24H,11H2,(H,26,27)/t19-,21+,22+/m0/s1. The van der Waals surface area contributed by atoms with E-state index in [9.17, 15) is 20.0 Å². The SMILES string of the molecule is O=C(O)c1ccccc1[C@H]1Nc2ccc([N+](=O)[O-])cc2[C@H]2c3ccccc3C[C@@H]21. The number of carboxylic acids is 1. The number of rotatable bonds is 3. The normalized spacial score (nSPS) is 21.4. The van der Waals surface area contributed by atoms with E-state index in [-0.39, 0.29) is 34.1 Å². The van der Waals surface area contributed by atoms with Crippen molar-refractivity contribution in [3.05, 3.63) is 105 Å². The number of nitro groups is 1. The molecule has 0 spiro atoms. The molecule has 29 heavy (non-hydrogen) atoms. The molecular formula is C23H18N2O4. The molecule has 0 unspecified atom stereocenters. The Morgan fingerprint density at radius 1 is 1.00 bits per heavy atom. The highest BCUT2D eigenvalue weighted by atomic mass is 16.6. The molecule has 0 radical (unpaired) electrons. The van der Waals surface area contributed by atoms with Gasteiger partial charge in [-0.1, -0.05) is 42.5 Å². The number of aromatic carboxylic acids is 1. The number of fused-ring (bicyclic) bond motifs is 5. The Labute approximate surface area is 167 Å². The second kappa shape index (κ2) is 6.44. The monoisotopic (exact) mass is 386 g/mol. The molecule has 0 bridgehead atoms. The first-order valence-electron chi connectivity index (χ1n) is 9.49. The van der Waals surface area contributed by atoms with Gasteiger partial charge in [0.25, 0.3) is 5.69 Å². The average molecular weight is 386 g/mol. The van der Waals surface area contributed by atoms with Gasteiger partial charge in [0.15, 0.2) is 0 Å². The summed E-state index contributed by atoms with van der Waals surface area (Å²) >= 11 is 0. The Kier molecular flexibility index (Phi) is 3.87. The van der Waals surface area contributed by atoms with E-state index in [1.165, 1.54) is 17.2 Å². The van der Waals surface area contributed by atoms with E-state index in [2.05, 4.69) is 17.4 Å². The molecule has 0 amide bonds. The lowest BCUT2D eigenvalue weighted by Crippen LogP contribution is -2.31. The van der Waals surface area contributed by atoms with Crippen molar-refractivity contribution in [1.82, 2.24) is 0 Å². The second-order valence-electron chi connectivity index (χ2n) is 7.59. The zero-order valence-corrected chi connectivity index (χ0v) is 15.4. The molecule has 0 aromatic heterocycles. The van der Waals surface area contributed by atoms with Gasteiger partial charge in [0.1, 0.15) is 0 Å². The fraction of sp³-hybridized carbons (Fsp3) is 0.174. The van der Waals surface area contributed by atoms with Crippen LogP contribution in [-0.4, -0.2) is 16.0 Å². The molecule has 3 aromatic rings. The number of non-ortho nitro benzene ring substituents is 1. The fourth-order valence-electron chi connectivity index (χ4n) is 4.93. The van der Waals surface area contributed by atoms with Crippen LogP contribution in [0.5, 0.6) is 0 Å². The lowest BCUT2D eigenvalue weighted by Gasteiger charge is -2.38. The Hall–Kier alpha value is -3.67. The largest absolute Gasteiger partial charge is 0.478 e. The average Bonchev–Trinajstić information content (AvgIpc) is 3.12. The van der Waals surface area contributed by atoms with Gasteiger partial charge < -0.3 is 10.4 Å². The highest BCUT2D eigenvalue weighted by Crippen LogP contribution is 2.54. The van der Waals surface area contributed by atoms with Gasteiger partial charge in [-0.2, -0.15) is 0 Å². The molecule has 5 rings (SSSR count). The third-order valence-corrected chi connectivity index (χ3v) is 6.12. The number of hydrogen-bond acceptors (Lipinski definition) is 4. The molecule has 1 heterocycles. The van der Waals surface area contributed by atoms with Crippen LogP contribution < -0.4 is 5.32 Å². The van der Waals surface area contributed by atoms with Crippen LogP contribution in [-0.2, 0) is 6.42 Å². The van der Waals surface area contributed by atoms with Crippen LogP contribution >= 0.6 is 0 Å². The van der Waals surface area contributed by atoms with Crippen LogP contribution in [0.25, 0.3) is 0 Å². The van der Waals surface area contributed by atoms with Crippen LogP contribution in [0.2, 0.25) is 0 Å². The fourth-order valence-corrected chi connectivity index (χ4v) is 4.93. The van der Waals surface area contributed by atoms with E-state index in [1.807, 2.05) is 24.3 Å². The second-order valence-corrected chi connectivity index (χ2v) is 7.59. The lowest BCUT2D eigenvalue weighted by atomic mass is 9.75. The predicted octanol–water partition coefficient (Wildman–Crippen LogP) is 4.76. The van der Waals surface area contributed by atoms with Crippen molar-refractivity contribution in [3.8, 4) is 0 Å². The first-order chi connectivity index (χ1) is 14.0. The summed E-state index contributed by atoms with van der Waals surface area (Å²) in [5, 5.41) is 24.5. The smallest absolute Gasteiger partial charge is 0.336 e. The minimum atomic E-state index is -0.955. The van der Waals surface area contributed by atoms with E-state index in [1.54, 1.807) is 24.3 Å². The molecular weight excluding hydrogens is 368 g/mol. The van der Waals surface area contributed by atoms with Gasteiger partial charge in [-0.3, -0.25) is 10.1 Å². The number of hydrogen-bond donors (Lipinski definition) is 2. The van der Waals surface area contributed by atoms with Gasteiger partial charge in [-0.25, -0.2) is 4.79 Å². The topological polar surface area (TPSA) is 92.5 Å². The van der Waals surface area contributed by atoms with Crippen molar-refractivity contribution in [2.24, 2.45) is 5.92 Å². The Morgan fingerprint density at radius 2 is 1.72 bits per heavy atom. The van der Waals surface area contributed by atoms with Crippen molar-refractivity contribution in [1.29, 1.82) is 0 Å². The molecule has 0 saturated heterocycles. The molecule has 3 aromatic carbocycles. The van der Waals surface area contributed by atoms with Crippen molar-refractivity contribution < 1.29 is 14.8 Å². The van der Waals surface area contributed by atoms with Crippen LogP contribution in [0.4, 0.5) is 11.4 Å². The summed E-state index contributed by atoms with van der Waals surface area (Å²) in [5.41, 5.74) is 5.19. The van der Waals surface area contributed by atoms with Gasteiger partial charge in [0, 0.05) is 23.7 Å². The highest BCUT2D eigenvalue weighted by molar-refractivity contribution is 5.90. The molecule has 6 nitrogen and oxygen atoms in total. The Balaban J connectivity index is 1.71. The van der Waals surface area contributed by atoms with E-state index in [0.717, 1.165) is 23.2 Å². The number of nitrogens with zero attached hydrogens (tertiary/aromatic N) is 1. The van der Waals surface area contributed by atoms with Crippen molar-refractivity contribution in [3.63, 3.8) is 0 Å². The minimum absolute atomic E-state index is 0.0193. The quantitative estimate of drug-likeness (QED) is 0.500. The molecule has 144 valence electrons. The van der Waals surface area contributed by atoms with Gasteiger partial charge in [-0.05, 0) is 46.7 Å². The first-order valence-corrected chi connectivity index (χ1v) is 9.49. The number of nitro benzene ring substituents is 1. The maximum absolute atomic E-state index is 11.8. The predicted molar refractivity (Wildman–Crippen MR) is 108 cm³/mol. The summed E-state index contributed by atoms with van der Waals surface area (Å²) in [6, 6.07) is 19.9. The van der Waals surface area contributed by atoms with Gasteiger partial charge >= 0.3 is 5.97 Å². The van der Waals surface area contributed by atoms with Gasteiger partial charge in [0.05, 0.1) is 16.5 Å². The molecule has 6 heteroatoms. The number of anilines is 1. The van der Waals surface area contributed by atoms with Crippen LogP contribution in [0.1, 0.15) is 44.6 Å². The summed E-state index contributed by atoms with van der Waals surface area (Å²) in [4.78, 5) is 22.8. The van der Waals surface area contributed by atoms with Crippen LogP contribution in [0, 0.1) is 16.0 Å². The number of carbonyl (C=O) groups is 1. The molecule has 2 N–H and O–H groups in total. The molecule has 3 atom stereocenters. The van der Waals surface area contributed by atoms with Crippen molar-refractivity contribution in [2.45, 2.75) is 18.4 Å². The minimum Gasteiger partial charge on any atom is -0.478 e. The van der Waals surface area contributed by atoms with Crippen LogP contribution in [0.15, 0.2) is 66.7 Å². The van der Waals surface area contributed by atoms with E-state index >= 15 is 0 Å². The van der Waals surface area contributed by atoms with Crippen molar-refractivity contribution >= 4 is 17.3 Å². The number of nitrogens with one attached hydrogen (secondary N) is 1. The third kappa shape index (κ3) is 2.68. The molecule has 1 aliphatic carbocycles. The first kappa shape index (κ1) is 17.4.